The van der Waals surface area contributed by atoms with Gasteiger partial charge in [-0.25, -0.2) is 0 Å². The van der Waals surface area contributed by atoms with Gasteiger partial charge in [0, 0.05) is 35.9 Å². The molecule has 15 heteroatoms. The van der Waals surface area contributed by atoms with Crippen LogP contribution >= 0.6 is 0 Å². The third kappa shape index (κ3) is 19.8. The van der Waals surface area contributed by atoms with Gasteiger partial charge in [-0.05, 0) is 108 Å². The van der Waals surface area contributed by atoms with Crippen LogP contribution < -0.4 is 19.7 Å². The predicted octanol–water partition coefficient (Wildman–Crippen LogP) is 8.67. The maximum atomic E-state index is 12.1. The summed E-state index contributed by atoms with van der Waals surface area (Å²) in [7, 11) is 0. The summed E-state index contributed by atoms with van der Waals surface area (Å²) in [6.07, 6.45) is -3.01. The number of aromatic nitrogens is 2. The molecule has 8 nitrogen and oxygen atoms in total. The largest absolute Gasteiger partial charge is 2.00 e. The van der Waals surface area contributed by atoms with Crippen LogP contribution in [0.3, 0.4) is 0 Å². The molecule has 0 aliphatic rings. The zero-order valence-corrected chi connectivity index (χ0v) is 31.7. The van der Waals surface area contributed by atoms with Gasteiger partial charge in [-0.15, -0.1) is 0 Å². The molecule has 4 aromatic carbocycles. The van der Waals surface area contributed by atoms with E-state index in [1.807, 2.05) is 97.1 Å². The Kier molecular flexibility index (Phi) is 21.0. The molecule has 0 spiro atoms. The third-order valence-electron chi connectivity index (χ3n) is 6.99. The number of pyridine rings is 2. The molecule has 59 heavy (non-hydrogen) atoms. The molecule has 2 heterocycles. The number of rotatable bonds is 10. The van der Waals surface area contributed by atoms with Gasteiger partial charge in [-0.2, -0.15) is 26.3 Å². The van der Waals surface area contributed by atoms with Crippen LogP contribution in [0.25, 0.3) is 0 Å². The van der Waals surface area contributed by atoms with Gasteiger partial charge in [0.25, 0.3) is 0 Å². The van der Waals surface area contributed by atoms with Crippen molar-refractivity contribution < 1.29 is 72.4 Å². The zero-order valence-electron chi connectivity index (χ0n) is 30.7. The molecule has 0 fully saturated rings. The monoisotopic (exact) mass is 859 g/mol. The van der Waals surface area contributed by atoms with Crippen molar-refractivity contribution in [3.8, 4) is 11.5 Å². The second-order valence-corrected chi connectivity index (χ2v) is 11.4. The van der Waals surface area contributed by atoms with Gasteiger partial charge in [0.05, 0.1) is 0 Å². The summed E-state index contributed by atoms with van der Waals surface area (Å²) in [4.78, 5) is 30.7. The van der Waals surface area contributed by atoms with E-state index in [0.29, 0.717) is 24.7 Å². The fourth-order valence-electron chi connectivity index (χ4n) is 4.11. The van der Waals surface area contributed by atoms with Crippen LogP contribution in [0.15, 0.2) is 194 Å². The standard InChI is InChI=1S/2C17H13F3O3.2C5H5N.Co/c2*18-17(19,20)16(22)10-15(21)13-6-8-14(9-7-13)23-11-12-4-2-1-3-5-12;2*1-2-4-6-5-3-1;/h2*1-10,22H,11H2;2*1-5H;/q;;;;+2/p-2/b2*16-10-;;;. The third-order valence-corrected chi connectivity index (χ3v) is 6.99. The minimum atomic E-state index is -5.05. The van der Waals surface area contributed by atoms with Crippen LogP contribution in [0.4, 0.5) is 26.3 Å². The van der Waals surface area contributed by atoms with Gasteiger partial charge in [0.1, 0.15) is 24.7 Å². The van der Waals surface area contributed by atoms with Crippen molar-refractivity contribution in [3.63, 3.8) is 0 Å². The second-order valence-electron chi connectivity index (χ2n) is 11.4. The Morgan fingerprint density at radius 2 is 0.763 bits per heavy atom. The van der Waals surface area contributed by atoms with E-state index in [1.54, 1.807) is 24.8 Å². The minimum absolute atomic E-state index is 0. The Labute approximate surface area is 346 Å². The van der Waals surface area contributed by atoms with Crippen molar-refractivity contribution in [2.75, 3.05) is 0 Å². The SMILES string of the molecule is O=C(/C=C(\[O-])C(F)(F)F)c1ccc(OCc2ccccc2)cc1.O=C(/C=C(\[O-])C(F)(F)F)c1ccc(OCc2ccccc2)cc1.[Co+2].c1ccncc1.c1ccncc1. The number of hydrogen-bond acceptors (Lipinski definition) is 8. The number of alkyl halides is 6. The molecule has 0 saturated heterocycles. The number of ether oxygens (including phenoxy) is 2. The summed E-state index contributed by atoms with van der Waals surface area (Å²) in [5.41, 5.74) is 1.87. The molecular formula is C44H34CoF6N2O6. The molecule has 6 aromatic rings. The molecule has 307 valence electrons. The quantitative estimate of drug-likeness (QED) is 0.0581. The molecule has 0 amide bonds. The molecule has 0 N–H and O–H groups in total. The average molecular weight is 860 g/mol. The Morgan fingerprint density at radius 3 is 1.00 bits per heavy atom. The molecule has 0 aliphatic heterocycles. The van der Waals surface area contributed by atoms with Crippen molar-refractivity contribution in [2.24, 2.45) is 0 Å². The first-order chi connectivity index (χ1) is 27.7. The van der Waals surface area contributed by atoms with Crippen molar-refractivity contribution >= 4 is 11.6 Å². The maximum Gasteiger partial charge on any atom is 2.00 e. The molecule has 1 radical (unpaired) electrons. The van der Waals surface area contributed by atoms with E-state index in [4.69, 9.17) is 9.47 Å². The van der Waals surface area contributed by atoms with E-state index in [9.17, 15) is 46.1 Å². The smallest absolute Gasteiger partial charge is 0.869 e. The van der Waals surface area contributed by atoms with Crippen molar-refractivity contribution in [1.29, 1.82) is 0 Å². The fraction of sp³-hybridized carbons (Fsp3) is 0.0909. The summed E-state index contributed by atoms with van der Waals surface area (Å²) in [6.45, 7) is 0.652. The predicted molar refractivity (Wildman–Crippen MR) is 200 cm³/mol. The van der Waals surface area contributed by atoms with Gasteiger partial charge in [0.15, 0.2) is 11.6 Å². The zero-order chi connectivity index (χ0) is 42.2. The van der Waals surface area contributed by atoms with Crippen LogP contribution in [0.5, 0.6) is 11.5 Å². The van der Waals surface area contributed by atoms with E-state index in [2.05, 4.69) is 9.97 Å². The van der Waals surface area contributed by atoms with Gasteiger partial charge in [-0.3, -0.25) is 19.6 Å². The summed E-state index contributed by atoms with van der Waals surface area (Å²) >= 11 is 0. The Morgan fingerprint density at radius 1 is 0.475 bits per heavy atom. The van der Waals surface area contributed by atoms with Gasteiger partial charge in [-0.1, -0.05) is 72.8 Å². The number of carbonyl (C=O) groups excluding carboxylic acids is 2. The van der Waals surface area contributed by atoms with Crippen molar-refractivity contribution in [3.05, 3.63) is 216 Å². The molecule has 0 saturated carbocycles. The molecule has 6 rings (SSSR count). The first kappa shape index (κ1) is 48.4. The normalized spacial score (nSPS) is 11.0. The Hall–Kier alpha value is -6.71. The fourth-order valence-corrected chi connectivity index (χ4v) is 4.11. The van der Waals surface area contributed by atoms with Crippen molar-refractivity contribution in [2.45, 2.75) is 25.6 Å². The summed E-state index contributed by atoms with van der Waals surface area (Å²) in [5, 5.41) is 21.5. The molecule has 0 unspecified atom stereocenters. The van der Waals surface area contributed by atoms with Crippen LogP contribution in [0, 0.1) is 0 Å². The van der Waals surface area contributed by atoms with Gasteiger partial charge in [0.2, 0.25) is 0 Å². The first-order valence-corrected chi connectivity index (χ1v) is 17.0. The number of halogens is 6. The number of nitrogens with zero attached hydrogens (tertiary/aromatic N) is 2. The Bertz CT molecular complexity index is 1930. The molecule has 0 bridgehead atoms. The number of hydrogen-bond donors (Lipinski definition) is 0. The number of benzene rings is 4. The minimum Gasteiger partial charge on any atom is -0.869 e. The molecular weight excluding hydrogens is 825 g/mol. The first-order valence-electron chi connectivity index (χ1n) is 17.0. The Balaban J connectivity index is 0.000000312. The summed E-state index contributed by atoms with van der Waals surface area (Å²) in [5.74, 6) is -5.41. The molecule has 0 aliphatic carbocycles. The summed E-state index contributed by atoms with van der Waals surface area (Å²) in [6, 6.07) is 41.3. The van der Waals surface area contributed by atoms with E-state index >= 15 is 0 Å². The second kappa shape index (κ2) is 25.5. The van der Waals surface area contributed by atoms with E-state index in [1.165, 1.54) is 48.5 Å². The average Bonchev–Trinajstić information content (AvgIpc) is 3.24. The molecule has 2 aromatic heterocycles. The van der Waals surface area contributed by atoms with Gasteiger partial charge < -0.3 is 19.7 Å². The number of carbonyl (C=O) groups is 2. The van der Waals surface area contributed by atoms with E-state index in [-0.39, 0.29) is 40.1 Å². The number of ketones is 2. The summed E-state index contributed by atoms with van der Waals surface area (Å²) < 4.78 is 83.6. The van der Waals surface area contributed by atoms with E-state index in [0.717, 1.165) is 11.1 Å². The van der Waals surface area contributed by atoms with E-state index < -0.39 is 35.4 Å². The number of allylic oxidation sites excluding steroid dienone is 4. The van der Waals surface area contributed by atoms with Crippen LogP contribution in [0.1, 0.15) is 31.8 Å². The van der Waals surface area contributed by atoms with Crippen LogP contribution in [0.2, 0.25) is 0 Å². The topological polar surface area (TPSA) is 125 Å². The van der Waals surface area contributed by atoms with Crippen molar-refractivity contribution in [1.82, 2.24) is 9.97 Å². The molecule has 0 atom stereocenters. The van der Waals surface area contributed by atoms with Crippen LogP contribution in [-0.4, -0.2) is 33.9 Å². The maximum absolute atomic E-state index is 12.1. The van der Waals surface area contributed by atoms with Gasteiger partial charge >= 0.3 is 29.1 Å². The van der Waals surface area contributed by atoms with Crippen LogP contribution in [-0.2, 0) is 30.0 Å².